The summed E-state index contributed by atoms with van der Waals surface area (Å²) in [6.45, 7) is 2.32. The lowest BCUT2D eigenvalue weighted by atomic mass is 9.91. The lowest BCUT2D eigenvalue weighted by Gasteiger charge is -2.22. The molecule has 49 heavy (non-hydrogen) atoms. The molecule has 1 heterocycles. The third-order valence-corrected chi connectivity index (χ3v) is 9.08. The summed E-state index contributed by atoms with van der Waals surface area (Å²) in [5.41, 5.74) is 2.35. The topological polar surface area (TPSA) is 80.3 Å². The van der Waals surface area contributed by atoms with E-state index in [4.69, 9.17) is 23.7 Å². The van der Waals surface area contributed by atoms with Crippen molar-refractivity contribution in [1.29, 1.82) is 0 Å². The third-order valence-electron chi connectivity index (χ3n) is 9.08. The number of benzene rings is 3. The van der Waals surface area contributed by atoms with Gasteiger partial charge in [-0.2, -0.15) is 0 Å². The minimum absolute atomic E-state index is 0.0285. The van der Waals surface area contributed by atoms with Gasteiger partial charge in [0.15, 0.2) is 12.1 Å². The maximum absolute atomic E-state index is 14.0. The van der Waals surface area contributed by atoms with E-state index in [9.17, 15) is 9.59 Å². The Morgan fingerprint density at radius 1 is 0.714 bits per heavy atom. The van der Waals surface area contributed by atoms with Crippen LogP contribution < -0.4 is 9.47 Å². The fourth-order valence-corrected chi connectivity index (χ4v) is 6.18. The molecule has 0 bridgehead atoms. The van der Waals surface area contributed by atoms with Gasteiger partial charge in [-0.1, -0.05) is 125 Å². The first-order valence-electron chi connectivity index (χ1n) is 18.5. The van der Waals surface area contributed by atoms with Crippen molar-refractivity contribution in [2.75, 3.05) is 20.3 Å². The Morgan fingerprint density at radius 3 is 1.90 bits per heavy atom. The van der Waals surface area contributed by atoms with Gasteiger partial charge in [0.05, 0.1) is 12.7 Å². The Balaban J connectivity index is 1.19. The average Bonchev–Trinajstić information content (AvgIpc) is 3.15. The Morgan fingerprint density at radius 2 is 1.31 bits per heavy atom. The molecule has 0 N–H and O–H groups in total. The van der Waals surface area contributed by atoms with E-state index < -0.39 is 11.9 Å². The molecule has 0 spiro atoms. The van der Waals surface area contributed by atoms with Gasteiger partial charge in [0.2, 0.25) is 0 Å². The highest BCUT2D eigenvalue weighted by Crippen LogP contribution is 2.30. The number of unbranched alkanes of at least 4 members (excludes halogenated alkanes) is 10. The minimum Gasteiger partial charge on any atom is -0.489 e. The van der Waals surface area contributed by atoms with Crippen molar-refractivity contribution in [3.8, 4) is 11.5 Å². The van der Waals surface area contributed by atoms with Gasteiger partial charge in [-0.25, -0.2) is 0 Å². The van der Waals surface area contributed by atoms with Crippen LogP contribution in [0.15, 0.2) is 78.9 Å². The number of rotatable bonds is 24. The van der Waals surface area contributed by atoms with Crippen molar-refractivity contribution >= 4 is 11.8 Å². The fraction of sp³-hybridized carbons (Fsp3) is 0.524. The normalized spacial score (nSPS) is 15.0. The summed E-state index contributed by atoms with van der Waals surface area (Å²) in [6.07, 6.45) is 16.5. The van der Waals surface area contributed by atoms with Crippen molar-refractivity contribution in [3.63, 3.8) is 0 Å². The maximum atomic E-state index is 14.0. The first-order valence-corrected chi connectivity index (χ1v) is 18.5. The van der Waals surface area contributed by atoms with Crippen molar-refractivity contribution < 1.29 is 33.3 Å². The van der Waals surface area contributed by atoms with E-state index in [-0.39, 0.29) is 12.1 Å². The molecule has 1 saturated heterocycles. The lowest BCUT2D eigenvalue weighted by Crippen LogP contribution is -2.26. The quantitative estimate of drug-likeness (QED) is 0.0406. The molecule has 7 heteroatoms. The highest BCUT2D eigenvalue weighted by atomic mass is 16.7. The number of Topliss-reactive ketones (excluding diaryl/α,β-unsaturated/α-hetero) is 1. The van der Waals surface area contributed by atoms with Crippen LogP contribution in [0.2, 0.25) is 0 Å². The summed E-state index contributed by atoms with van der Waals surface area (Å²) in [6, 6.07) is 24.9. The number of hydrogen-bond donors (Lipinski definition) is 0. The highest BCUT2D eigenvalue weighted by Gasteiger charge is 2.30. The molecule has 266 valence electrons. The smallest absolute Gasteiger partial charge is 0.316 e. The fourth-order valence-electron chi connectivity index (χ4n) is 6.18. The molecule has 2 atom stereocenters. The molecule has 3 aromatic carbocycles. The van der Waals surface area contributed by atoms with Crippen LogP contribution in [0.1, 0.15) is 118 Å². The standard InChI is InChI=1S/C42H56O7/c1-45-42(44)37(25-17-9-7-5-3-2-4-6-8-10-19-29-46-40-26-18-20-30-47-40)41(43)38-31-36(48-32-34-21-13-11-14-22-34)27-28-39(38)49-33-35-23-15-12-16-24-35/h11-16,21-24,27-28,31,37,40H,2-10,17-20,25-26,29-30,32-33H2,1H3. The Hall–Kier alpha value is -3.68. The summed E-state index contributed by atoms with van der Waals surface area (Å²) in [5.74, 6) is -0.731. The second-order valence-electron chi connectivity index (χ2n) is 13.0. The van der Waals surface area contributed by atoms with Gasteiger partial charge in [-0.3, -0.25) is 9.59 Å². The third kappa shape index (κ3) is 14.4. The van der Waals surface area contributed by atoms with Crippen LogP contribution >= 0.6 is 0 Å². The molecule has 0 amide bonds. The van der Waals surface area contributed by atoms with Crippen LogP contribution in [-0.4, -0.2) is 38.4 Å². The summed E-state index contributed by atoms with van der Waals surface area (Å²) >= 11 is 0. The Labute approximate surface area is 293 Å². The minimum atomic E-state index is -0.894. The molecule has 2 unspecified atom stereocenters. The van der Waals surface area contributed by atoms with E-state index in [0.29, 0.717) is 36.7 Å². The van der Waals surface area contributed by atoms with E-state index in [1.54, 1.807) is 18.2 Å². The Kier molecular flexibility index (Phi) is 17.8. The molecule has 0 aliphatic carbocycles. The summed E-state index contributed by atoms with van der Waals surface area (Å²) < 4.78 is 28.7. The predicted molar refractivity (Wildman–Crippen MR) is 193 cm³/mol. The molecule has 4 rings (SSSR count). The van der Waals surface area contributed by atoms with E-state index in [2.05, 4.69) is 0 Å². The summed E-state index contributed by atoms with van der Waals surface area (Å²) in [7, 11) is 1.34. The number of methoxy groups -OCH3 is 1. The monoisotopic (exact) mass is 672 g/mol. The zero-order valence-electron chi connectivity index (χ0n) is 29.5. The van der Waals surface area contributed by atoms with E-state index in [1.807, 2.05) is 60.7 Å². The molecule has 7 nitrogen and oxygen atoms in total. The summed E-state index contributed by atoms with van der Waals surface area (Å²) in [5, 5.41) is 0. The van der Waals surface area contributed by atoms with Gasteiger partial charge in [0.1, 0.15) is 30.6 Å². The molecule has 3 aromatic rings. The van der Waals surface area contributed by atoms with Crippen LogP contribution in [0.25, 0.3) is 0 Å². The molecular formula is C42H56O7. The van der Waals surface area contributed by atoms with Gasteiger partial charge >= 0.3 is 5.97 Å². The second-order valence-corrected chi connectivity index (χ2v) is 13.0. The van der Waals surface area contributed by atoms with Gasteiger partial charge in [0, 0.05) is 13.2 Å². The number of hydrogen-bond acceptors (Lipinski definition) is 7. The molecule has 1 aliphatic rings. The Bertz CT molecular complexity index is 1340. The number of ketones is 1. The first-order chi connectivity index (χ1) is 24.1. The lowest BCUT2D eigenvalue weighted by molar-refractivity contribution is -0.162. The van der Waals surface area contributed by atoms with Crippen molar-refractivity contribution in [3.05, 3.63) is 95.6 Å². The summed E-state index contributed by atoms with van der Waals surface area (Å²) in [4.78, 5) is 26.9. The average molecular weight is 673 g/mol. The van der Waals surface area contributed by atoms with Crippen LogP contribution in [0, 0.1) is 5.92 Å². The molecule has 0 aromatic heterocycles. The van der Waals surface area contributed by atoms with Crippen LogP contribution in [0.3, 0.4) is 0 Å². The van der Waals surface area contributed by atoms with Gasteiger partial charge in [-0.15, -0.1) is 0 Å². The number of ether oxygens (including phenoxy) is 5. The van der Waals surface area contributed by atoms with Crippen LogP contribution in [0.5, 0.6) is 11.5 Å². The van der Waals surface area contributed by atoms with Gasteiger partial charge in [-0.05, 0) is 61.4 Å². The molecular weight excluding hydrogens is 616 g/mol. The maximum Gasteiger partial charge on any atom is 0.316 e. The van der Waals surface area contributed by atoms with Crippen molar-refractivity contribution in [2.45, 2.75) is 116 Å². The molecule has 0 radical (unpaired) electrons. The van der Waals surface area contributed by atoms with Crippen molar-refractivity contribution in [1.82, 2.24) is 0 Å². The molecule has 0 saturated carbocycles. The SMILES string of the molecule is COC(=O)C(CCCCCCCCCCCCCOC1CCCCO1)C(=O)c1cc(OCc2ccccc2)ccc1OCc1ccccc1. The van der Waals surface area contributed by atoms with Crippen LogP contribution in [0.4, 0.5) is 0 Å². The molecule has 1 fully saturated rings. The predicted octanol–water partition coefficient (Wildman–Crippen LogP) is 10.0. The van der Waals surface area contributed by atoms with E-state index in [0.717, 1.165) is 62.9 Å². The largest absolute Gasteiger partial charge is 0.489 e. The van der Waals surface area contributed by atoms with Gasteiger partial charge < -0.3 is 23.7 Å². The highest BCUT2D eigenvalue weighted by molar-refractivity contribution is 6.10. The number of carbonyl (C=O) groups is 2. The van der Waals surface area contributed by atoms with Gasteiger partial charge in [0.25, 0.3) is 0 Å². The number of carbonyl (C=O) groups excluding carboxylic acids is 2. The van der Waals surface area contributed by atoms with E-state index in [1.165, 1.54) is 58.5 Å². The number of esters is 1. The first kappa shape index (κ1) is 38.1. The van der Waals surface area contributed by atoms with Crippen molar-refractivity contribution in [2.24, 2.45) is 5.92 Å². The molecule has 1 aliphatic heterocycles. The zero-order chi connectivity index (χ0) is 34.4. The van der Waals surface area contributed by atoms with Crippen LogP contribution in [-0.2, 0) is 32.2 Å². The second kappa shape index (κ2) is 22.9. The van der Waals surface area contributed by atoms with E-state index >= 15 is 0 Å². The zero-order valence-corrected chi connectivity index (χ0v) is 29.5.